The van der Waals surface area contributed by atoms with Gasteiger partial charge in [0, 0.05) is 12.3 Å². The Morgan fingerprint density at radius 3 is 2.70 bits per heavy atom. The lowest BCUT2D eigenvalue weighted by atomic mass is 10.2. The fourth-order valence-electron chi connectivity index (χ4n) is 2.68. The average Bonchev–Trinajstić information content (AvgIpc) is 2.67. The van der Waals surface area contributed by atoms with E-state index in [9.17, 15) is 13.6 Å². The summed E-state index contributed by atoms with van der Waals surface area (Å²) in [6.45, 7) is 2.42. The van der Waals surface area contributed by atoms with Crippen molar-refractivity contribution in [2.24, 2.45) is 0 Å². The van der Waals surface area contributed by atoms with Crippen molar-refractivity contribution in [2.75, 3.05) is 7.11 Å². The first-order valence-corrected chi connectivity index (χ1v) is 10.1. The Kier molecular flexibility index (Phi) is 6.38. The molecule has 0 spiro atoms. The van der Waals surface area contributed by atoms with Crippen molar-refractivity contribution in [3.05, 3.63) is 58.4 Å². The van der Waals surface area contributed by atoms with E-state index in [-0.39, 0.29) is 5.56 Å². The number of ether oxygens (including phenoxy) is 1. The Hall–Kier alpha value is -2.06. The highest BCUT2D eigenvalue weighted by molar-refractivity contribution is 7.99. The van der Waals surface area contributed by atoms with E-state index in [2.05, 4.69) is 4.98 Å². The van der Waals surface area contributed by atoms with Gasteiger partial charge in [0.2, 0.25) is 0 Å². The predicted molar refractivity (Wildman–Crippen MR) is 106 cm³/mol. The molecule has 0 radical (unpaired) electrons. The first kappa shape index (κ1) is 19.7. The number of benzene rings is 2. The summed E-state index contributed by atoms with van der Waals surface area (Å²) < 4.78 is 32.1. The zero-order chi connectivity index (χ0) is 19.4. The zero-order valence-corrected chi connectivity index (χ0v) is 16.4. The van der Waals surface area contributed by atoms with Gasteiger partial charge in [-0.2, -0.15) is 8.78 Å². The number of aromatic nitrogens is 2. The Bertz CT molecular complexity index is 1010. The van der Waals surface area contributed by atoms with E-state index in [1.165, 1.54) is 18.9 Å². The maximum atomic E-state index is 12.7. The van der Waals surface area contributed by atoms with E-state index in [1.54, 1.807) is 28.8 Å². The minimum absolute atomic E-state index is 0.0631. The van der Waals surface area contributed by atoms with Gasteiger partial charge < -0.3 is 4.74 Å². The molecule has 4 nitrogen and oxygen atoms in total. The van der Waals surface area contributed by atoms with Crippen LogP contribution in [-0.2, 0) is 12.3 Å². The summed E-state index contributed by atoms with van der Waals surface area (Å²) in [4.78, 5) is 17.7. The van der Waals surface area contributed by atoms with Crippen molar-refractivity contribution in [1.29, 1.82) is 0 Å². The molecule has 0 aliphatic carbocycles. The van der Waals surface area contributed by atoms with E-state index < -0.39 is 5.76 Å². The SMILES string of the molecule is CCn1c(SCc2ccc(SC(F)F)c(OC)c2)nc2ccccc2c1=O. The van der Waals surface area contributed by atoms with Gasteiger partial charge in [-0.15, -0.1) is 0 Å². The van der Waals surface area contributed by atoms with Gasteiger partial charge in [-0.25, -0.2) is 4.98 Å². The van der Waals surface area contributed by atoms with Crippen LogP contribution in [0, 0.1) is 0 Å². The van der Waals surface area contributed by atoms with Crippen LogP contribution in [0.3, 0.4) is 0 Å². The molecule has 0 bridgehead atoms. The quantitative estimate of drug-likeness (QED) is 0.405. The third-order valence-electron chi connectivity index (χ3n) is 3.95. The van der Waals surface area contributed by atoms with E-state index in [4.69, 9.17) is 4.74 Å². The lowest BCUT2D eigenvalue weighted by molar-refractivity contribution is 0.251. The van der Waals surface area contributed by atoms with Crippen LogP contribution >= 0.6 is 23.5 Å². The molecule has 0 saturated carbocycles. The predicted octanol–water partition coefficient (Wildman–Crippen LogP) is 5.03. The molecule has 27 heavy (non-hydrogen) atoms. The van der Waals surface area contributed by atoms with Gasteiger partial charge in [-0.1, -0.05) is 41.7 Å². The number of hydrogen-bond donors (Lipinski definition) is 0. The van der Waals surface area contributed by atoms with Gasteiger partial charge >= 0.3 is 0 Å². The number of hydrogen-bond acceptors (Lipinski definition) is 5. The van der Waals surface area contributed by atoms with Gasteiger partial charge in [-0.3, -0.25) is 9.36 Å². The van der Waals surface area contributed by atoms with Gasteiger partial charge in [0.15, 0.2) is 5.16 Å². The molecule has 0 unspecified atom stereocenters. The fraction of sp³-hybridized carbons (Fsp3) is 0.263. The van der Waals surface area contributed by atoms with Crippen LogP contribution in [0.5, 0.6) is 5.75 Å². The number of nitrogens with zero attached hydrogens (tertiary/aromatic N) is 2. The van der Waals surface area contributed by atoms with Crippen LogP contribution < -0.4 is 10.3 Å². The van der Waals surface area contributed by atoms with Crippen molar-refractivity contribution >= 4 is 34.4 Å². The second-order valence-electron chi connectivity index (χ2n) is 5.61. The van der Waals surface area contributed by atoms with E-state index >= 15 is 0 Å². The largest absolute Gasteiger partial charge is 0.496 e. The monoisotopic (exact) mass is 408 g/mol. The van der Waals surface area contributed by atoms with Crippen LogP contribution in [-0.4, -0.2) is 22.4 Å². The summed E-state index contributed by atoms with van der Waals surface area (Å²) in [7, 11) is 1.46. The summed E-state index contributed by atoms with van der Waals surface area (Å²) in [6.07, 6.45) is 0. The summed E-state index contributed by atoms with van der Waals surface area (Å²) in [5.74, 6) is -1.54. The second kappa shape index (κ2) is 8.75. The summed E-state index contributed by atoms with van der Waals surface area (Å²) in [5, 5.41) is 1.23. The third-order valence-corrected chi connectivity index (χ3v) is 5.77. The maximum absolute atomic E-state index is 12.7. The molecule has 2 aromatic carbocycles. The molecule has 142 valence electrons. The van der Waals surface area contributed by atoms with Gasteiger partial charge in [0.25, 0.3) is 11.3 Å². The summed E-state index contributed by atoms with van der Waals surface area (Å²) >= 11 is 1.89. The first-order valence-electron chi connectivity index (χ1n) is 8.27. The molecule has 0 amide bonds. The standard InChI is InChI=1S/C19H18F2N2O2S2/c1-3-23-17(24)13-6-4-5-7-14(13)22-19(23)26-11-12-8-9-16(27-18(20)21)15(10-12)25-2/h4-10,18H,3,11H2,1-2H3. The van der Waals surface area contributed by atoms with Crippen molar-refractivity contribution < 1.29 is 13.5 Å². The normalized spacial score (nSPS) is 11.3. The average molecular weight is 408 g/mol. The molecule has 0 aliphatic heterocycles. The Morgan fingerprint density at radius 1 is 1.22 bits per heavy atom. The van der Waals surface area contributed by atoms with Crippen molar-refractivity contribution in [2.45, 2.75) is 35.0 Å². The van der Waals surface area contributed by atoms with Gasteiger partial charge in [0.1, 0.15) is 5.75 Å². The molecule has 0 fully saturated rings. The van der Waals surface area contributed by atoms with Gasteiger partial charge in [0.05, 0.1) is 22.9 Å². The molecule has 3 rings (SSSR count). The maximum Gasteiger partial charge on any atom is 0.289 e. The topological polar surface area (TPSA) is 44.1 Å². The van der Waals surface area contributed by atoms with Crippen molar-refractivity contribution in [3.63, 3.8) is 0 Å². The smallest absolute Gasteiger partial charge is 0.289 e. The Morgan fingerprint density at radius 2 is 2.00 bits per heavy atom. The third kappa shape index (κ3) is 4.44. The van der Waals surface area contributed by atoms with Crippen LogP contribution in [0.15, 0.2) is 57.3 Å². The number of alkyl halides is 2. The van der Waals surface area contributed by atoms with E-state index in [0.717, 1.165) is 5.56 Å². The molecular weight excluding hydrogens is 390 g/mol. The Labute approximate surface area is 163 Å². The molecule has 0 aliphatic rings. The molecule has 1 heterocycles. The zero-order valence-electron chi connectivity index (χ0n) is 14.8. The van der Waals surface area contributed by atoms with E-state index in [1.807, 2.05) is 25.1 Å². The summed E-state index contributed by atoms with van der Waals surface area (Å²) in [6, 6.07) is 12.4. The van der Waals surface area contributed by atoms with E-state index in [0.29, 0.717) is 50.8 Å². The molecule has 0 saturated heterocycles. The highest BCUT2D eigenvalue weighted by atomic mass is 32.2. The highest BCUT2D eigenvalue weighted by Crippen LogP contribution is 2.35. The van der Waals surface area contributed by atoms with Crippen LogP contribution in [0.4, 0.5) is 8.78 Å². The number of thioether (sulfide) groups is 2. The number of fused-ring (bicyclic) bond motifs is 1. The van der Waals surface area contributed by atoms with Crippen LogP contribution in [0.1, 0.15) is 12.5 Å². The number of para-hydroxylation sites is 1. The molecule has 3 aromatic rings. The van der Waals surface area contributed by atoms with Crippen molar-refractivity contribution in [3.8, 4) is 5.75 Å². The number of rotatable bonds is 7. The first-order chi connectivity index (χ1) is 13.0. The van der Waals surface area contributed by atoms with Crippen LogP contribution in [0.25, 0.3) is 10.9 Å². The lowest BCUT2D eigenvalue weighted by Crippen LogP contribution is -2.22. The molecular formula is C19H18F2N2O2S2. The lowest BCUT2D eigenvalue weighted by Gasteiger charge is -2.12. The highest BCUT2D eigenvalue weighted by Gasteiger charge is 2.13. The minimum atomic E-state index is -2.50. The minimum Gasteiger partial charge on any atom is -0.496 e. The molecule has 8 heteroatoms. The van der Waals surface area contributed by atoms with Crippen molar-refractivity contribution in [1.82, 2.24) is 9.55 Å². The fourth-order valence-corrected chi connectivity index (χ4v) is 4.28. The molecule has 1 aromatic heterocycles. The number of methoxy groups -OCH3 is 1. The van der Waals surface area contributed by atoms with Crippen LogP contribution in [0.2, 0.25) is 0 Å². The number of halogens is 2. The summed E-state index contributed by atoms with van der Waals surface area (Å²) in [5.41, 5.74) is 1.50. The molecule has 0 atom stereocenters. The second-order valence-corrected chi connectivity index (χ2v) is 7.59. The Balaban J connectivity index is 1.87. The molecule has 0 N–H and O–H groups in total. The van der Waals surface area contributed by atoms with Gasteiger partial charge in [-0.05, 0) is 36.8 Å².